The molecule has 1 aliphatic carbocycles. The number of hydrogen-bond donors (Lipinski definition) is 3. The molecule has 1 fully saturated rings. The first-order valence-electron chi connectivity index (χ1n) is 6.52. The van der Waals surface area contributed by atoms with Gasteiger partial charge in [-0.15, -0.1) is 0 Å². The Morgan fingerprint density at radius 3 is 2.55 bits per heavy atom. The minimum Gasteiger partial charge on any atom is -0.481 e. The highest BCUT2D eigenvalue weighted by Gasteiger charge is 2.30. The number of nitrogens with zero attached hydrogens (tertiary/aromatic N) is 2. The lowest BCUT2D eigenvalue weighted by atomic mass is 10.1. The van der Waals surface area contributed by atoms with E-state index in [4.69, 9.17) is 16.2 Å². The number of carboxylic acid groups (broad SMARTS) is 1. The van der Waals surface area contributed by atoms with Gasteiger partial charge in [0.25, 0.3) is 0 Å². The number of allylic oxidation sites excluding steroid dienone is 1. The number of nitro groups is 1. The molecule has 1 atom stereocenters. The van der Waals surface area contributed by atoms with Gasteiger partial charge in [0.2, 0.25) is 0 Å². The molecule has 0 radical (unpaired) electrons. The molecule has 0 saturated heterocycles. The van der Waals surface area contributed by atoms with Crippen molar-refractivity contribution in [2.24, 2.45) is 11.7 Å². The maximum absolute atomic E-state index is 11.0. The summed E-state index contributed by atoms with van der Waals surface area (Å²) in [7, 11) is 0. The molecule has 0 aliphatic heterocycles. The molecule has 112 valence electrons. The van der Waals surface area contributed by atoms with Crippen LogP contribution in [0.3, 0.4) is 0 Å². The summed E-state index contributed by atoms with van der Waals surface area (Å²) < 4.78 is 0. The Morgan fingerprint density at radius 2 is 2.15 bits per heavy atom. The molecule has 1 aliphatic rings. The predicted molar refractivity (Wildman–Crippen MR) is 72.8 cm³/mol. The van der Waals surface area contributed by atoms with Gasteiger partial charge in [-0.1, -0.05) is 19.8 Å². The lowest BCUT2D eigenvalue weighted by Gasteiger charge is -2.31. The fourth-order valence-corrected chi connectivity index (χ4v) is 2.40. The lowest BCUT2D eigenvalue weighted by molar-refractivity contribution is -0.416. The molecule has 0 amide bonds. The van der Waals surface area contributed by atoms with Crippen LogP contribution in [0.25, 0.3) is 0 Å². The van der Waals surface area contributed by atoms with E-state index in [-0.39, 0.29) is 18.4 Å². The second-order valence-electron chi connectivity index (χ2n) is 5.00. The van der Waals surface area contributed by atoms with Crippen molar-refractivity contribution in [1.29, 1.82) is 5.41 Å². The van der Waals surface area contributed by atoms with Gasteiger partial charge in [-0.3, -0.25) is 14.9 Å². The van der Waals surface area contributed by atoms with Crippen LogP contribution in [0.1, 0.15) is 32.6 Å². The zero-order chi connectivity index (χ0) is 15.3. The molecule has 1 unspecified atom stereocenters. The SMILES string of the molecule is CC(CN(/C(N)=C(/C=N)[N+](=O)[O-])C1CCCC1)C(=O)O. The Hall–Kier alpha value is -2.12. The molecule has 8 heteroatoms. The van der Waals surface area contributed by atoms with Gasteiger partial charge in [-0.05, 0) is 12.8 Å². The third-order valence-corrected chi connectivity index (χ3v) is 3.56. The minimum atomic E-state index is -0.974. The normalized spacial score (nSPS) is 18.2. The van der Waals surface area contributed by atoms with Crippen LogP contribution in [0.2, 0.25) is 0 Å². The van der Waals surface area contributed by atoms with Gasteiger partial charge in [-0.25, -0.2) is 0 Å². The van der Waals surface area contributed by atoms with Crippen LogP contribution in [-0.4, -0.2) is 39.7 Å². The molecule has 8 nitrogen and oxygen atoms in total. The summed E-state index contributed by atoms with van der Waals surface area (Å²) in [6.07, 6.45) is 4.25. The first-order chi connectivity index (χ1) is 9.38. The van der Waals surface area contributed by atoms with Gasteiger partial charge in [0.15, 0.2) is 5.82 Å². The average molecular weight is 284 g/mol. The summed E-state index contributed by atoms with van der Waals surface area (Å²) in [5.41, 5.74) is 5.33. The number of nitrogens with two attached hydrogens (primary N) is 1. The van der Waals surface area contributed by atoms with Crippen molar-refractivity contribution in [3.05, 3.63) is 21.6 Å². The number of carbonyl (C=O) groups is 1. The average Bonchev–Trinajstić information content (AvgIpc) is 2.89. The lowest BCUT2D eigenvalue weighted by Crippen LogP contribution is -2.42. The topological polar surface area (TPSA) is 134 Å². The number of nitrogens with one attached hydrogen (secondary N) is 1. The summed E-state index contributed by atoms with van der Waals surface area (Å²) >= 11 is 0. The fourth-order valence-electron chi connectivity index (χ4n) is 2.40. The van der Waals surface area contributed by atoms with Crippen LogP contribution in [0.4, 0.5) is 0 Å². The molecule has 0 aromatic rings. The van der Waals surface area contributed by atoms with Crippen LogP contribution < -0.4 is 5.73 Å². The highest BCUT2D eigenvalue weighted by atomic mass is 16.6. The number of hydrogen-bond acceptors (Lipinski definition) is 6. The maximum atomic E-state index is 11.0. The predicted octanol–water partition coefficient (Wildman–Crippen LogP) is 1.01. The molecule has 20 heavy (non-hydrogen) atoms. The van der Waals surface area contributed by atoms with Crippen LogP contribution >= 0.6 is 0 Å². The Kier molecular flexibility index (Phi) is 5.48. The highest BCUT2D eigenvalue weighted by Crippen LogP contribution is 2.26. The van der Waals surface area contributed by atoms with E-state index in [1.807, 2.05) is 0 Å². The minimum absolute atomic E-state index is 0.00620. The molecule has 0 bridgehead atoms. The summed E-state index contributed by atoms with van der Waals surface area (Å²) in [5.74, 6) is -1.78. The van der Waals surface area contributed by atoms with E-state index in [1.165, 1.54) is 6.92 Å². The van der Waals surface area contributed by atoms with E-state index < -0.39 is 22.5 Å². The molecule has 0 aromatic carbocycles. The van der Waals surface area contributed by atoms with Crippen LogP contribution in [-0.2, 0) is 4.79 Å². The molecule has 0 spiro atoms. The number of carboxylic acids is 1. The van der Waals surface area contributed by atoms with E-state index in [1.54, 1.807) is 4.90 Å². The highest BCUT2D eigenvalue weighted by molar-refractivity contribution is 5.73. The van der Waals surface area contributed by atoms with E-state index in [9.17, 15) is 14.9 Å². The van der Waals surface area contributed by atoms with Gasteiger partial charge in [-0.2, -0.15) is 0 Å². The Bertz CT molecular complexity index is 429. The van der Waals surface area contributed by atoms with Crippen molar-refractivity contribution in [3.8, 4) is 0 Å². The molecule has 0 heterocycles. The smallest absolute Gasteiger partial charge is 0.326 e. The first-order valence-corrected chi connectivity index (χ1v) is 6.52. The summed E-state index contributed by atoms with van der Waals surface area (Å²) in [5, 5.41) is 27.0. The van der Waals surface area contributed by atoms with E-state index in [0.717, 1.165) is 25.7 Å². The van der Waals surface area contributed by atoms with E-state index >= 15 is 0 Å². The number of aliphatic carboxylic acids is 1. The Balaban J connectivity index is 3.05. The van der Waals surface area contributed by atoms with Gasteiger partial charge in [0.05, 0.1) is 17.1 Å². The zero-order valence-corrected chi connectivity index (χ0v) is 11.4. The molecular formula is C12H20N4O4. The number of rotatable bonds is 7. The second kappa shape index (κ2) is 6.88. The Morgan fingerprint density at radius 1 is 1.60 bits per heavy atom. The monoisotopic (exact) mass is 284 g/mol. The van der Waals surface area contributed by atoms with Crippen LogP contribution in [0.5, 0.6) is 0 Å². The van der Waals surface area contributed by atoms with Crippen molar-refractivity contribution >= 4 is 12.2 Å². The van der Waals surface area contributed by atoms with Crippen molar-refractivity contribution in [2.45, 2.75) is 38.6 Å². The summed E-state index contributed by atoms with van der Waals surface area (Å²) in [4.78, 5) is 22.7. The third kappa shape index (κ3) is 3.69. The molecule has 1 rings (SSSR count). The van der Waals surface area contributed by atoms with Crippen LogP contribution in [0.15, 0.2) is 11.5 Å². The summed E-state index contributed by atoms with van der Waals surface area (Å²) in [6, 6.07) is 0.00620. The van der Waals surface area contributed by atoms with Gasteiger partial charge < -0.3 is 21.1 Å². The van der Waals surface area contributed by atoms with Crippen molar-refractivity contribution < 1.29 is 14.8 Å². The van der Waals surface area contributed by atoms with Crippen molar-refractivity contribution in [3.63, 3.8) is 0 Å². The molecule has 4 N–H and O–H groups in total. The quantitative estimate of drug-likeness (QED) is 0.363. The molecule has 1 saturated carbocycles. The molecule has 0 aromatic heterocycles. The fraction of sp³-hybridized carbons (Fsp3) is 0.667. The Labute approximate surface area is 116 Å². The largest absolute Gasteiger partial charge is 0.481 e. The maximum Gasteiger partial charge on any atom is 0.326 e. The van der Waals surface area contributed by atoms with E-state index in [0.29, 0.717) is 6.21 Å². The van der Waals surface area contributed by atoms with Gasteiger partial charge in [0.1, 0.15) is 0 Å². The zero-order valence-electron chi connectivity index (χ0n) is 11.4. The standard InChI is InChI=1S/C12H20N4O4/c1-8(12(17)18)7-15(9-4-2-3-5-9)11(14)10(6-13)16(19)20/h6,8-9,13H,2-5,7,14H2,1H3,(H,17,18)/b11-10-,13-6?. The van der Waals surface area contributed by atoms with Gasteiger partial charge in [0, 0.05) is 12.6 Å². The van der Waals surface area contributed by atoms with Crippen molar-refractivity contribution in [2.75, 3.05) is 6.54 Å². The second-order valence-corrected chi connectivity index (χ2v) is 5.00. The van der Waals surface area contributed by atoms with Crippen LogP contribution in [0, 0.1) is 21.4 Å². The van der Waals surface area contributed by atoms with Gasteiger partial charge >= 0.3 is 11.7 Å². The first kappa shape index (κ1) is 15.9. The van der Waals surface area contributed by atoms with Crippen molar-refractivity contribution in [1.82, 2.24) is 4.90 Å². The third-order valence-electron chi connectivity index (χ3n) is 3.56. The van der Waals surface area contributed by atoms with E-state index in [2.05, 4.69) is 0 Å². The molecular weight excluding hydrogens is 264 g/mol. The summed E-state index contributed by atoms with van der Waals surface area (Å²) in [6.45, 7) is 1.64.